The molecule has 2 heterocycles. The number of carboxylic acids is 1. The number of hydrogen-bond donors (Lipinski definition) is 9. The van der Waals surface area contributed by atoms with Crippen LogP contribution in [-0.4, -0.2) is 119 Å². The van der Waals surface area contributed by atoms with E-state index in [9.17, 15) is 48.3 Å². The fourth-order valence-electron chi connectivity index (χ4n) is 11.5. The van der Waals surface area contributed by atoms with Crippen molar-refractivity contribution in [3.05, 3.63) is 142 Å². The molecule has 22 nitrogen and oxygen atoms in total. The smallest absolute Gasteiger partial charge is 0.407 e. The number of rotatable bonds is 27. The molecule has 5 aromatic rings. The molecule has 92 heavy (non-hydrogen) atoms. The van der Waals surface area contributed by atoms with Crippen LogP contribution in [-0.2, 0) is 70.5 Å². The van der Waals surface area contributed by atoms with E-state index in [1.54, 1.807) is 63.2 Å². The lowest BCUT2D eigenvalue weighted by atomic mass is 9.76. The minimum absolute atomic E-state index is 0.0959. The van der Waals surface area contributed by atoms with Gasteiger partial charge in [-0.25, -0.2) is 14.4 Å². The number of urea groups is 1. The Hall–Kier alpha value is -9.31. The zero-order valence-electron chi connectivity index (χ0n) is 55.5. The normalized spacial score (nSPS) is 14.8. The number of allylic oxidation sites excluding steroid dienone is 1. The Balaban J connectivity index is 1.03. The van der Waals surface area contributed by atoms with Crippen LogP contribution in [0.5, 0.6) is 0 Å². The summed E-state index contributed by atoms with van der Waals surface area (Å²) in [6, 6.07) is 22.7. The van der Waals surface area contributed by atoms with Crippen molar-refractivity contribution in [1.82, 2.24) is 41.4 Å². The van der Waals surface area contributed by atoms with Gasteiger partial charge in [0.2, 0.25) is 35.4 Å². The number of amides is 9. The summed E-state index contributed by atoms with van der Waals surface area (Å²) in [5, 5.41) is 30.4. The van der Waals surface area contributed by atoms with Gasteiger partial charge in [0.25, 0.3) is 0 Å². The molecule has 0 saturated heterocycles. The largest absolute Gasteiger partial charge is 0.478 e. The summed E-state index contributed by atoms with van der Waals surface area (Å²) in [5.41, 5.74) is 12.0. The molecule has 0 spiro atoms. The maximum absolute atomic E-state index is 14.4. The minimum Gasteiger partial charge on any atom is -0.478 e. The van der Waals surface area contributed by atoms with Crippen molar-refractivity contribution in [3.63, 3.8) is 0 Å². The highest BCUT2D eigenvalue weighted by molar-refractivity contribution is 6.01. The molecule has 0 saturated carbocycles. The summed E-state index contributed by atoms with van der Waals surface area (Å²) in [4.78, 5) is 123. The van der Waals surface area contributed by atoms with Gasteiger partial charge in [-0.05, 0) is 120 Å². The van der Waals surface area contributed by atoms with Gasteiger partial charge in [-0.15, -0.1) is 0 Å². The Labute approximate surface area is 539 Å². The molecule has 0 unspecified atom stereocenters. The highest BCUT2D eigenvalue weighted by Crippen LogP contribution is 2.37. The van der Waals surface area contributed by atoms with Crippen molar-refractivity contribution >= 4 is 87.5 Å². The van der Waals surface area contributed by atoms with E-state index in [0.717, 1.165) is 50.0 Å². The summed E-state index contributed by atoms with van der Waals surface area (Å²) in [6.07, 6.45) is 4.95. The number of primary amides is 1. The first-order chi connectivity index (χ1) is 43.3. The molecule has 1 aliphatic heterocycles. The minimum atomic E-state index is -1.11. The molecular weight excluding hydrogens is 1170 g/mol. The number of hydrogen-bond acceptors (Lipinski definition) is 11. The number of carboxylic acid groups (broad SMARTS) is 1. The van der Waals surface area contributed by atoms with Crippen molar-refractivity contribution in [3.8, 4) is 0 Å². The number of carbonyl (C=O) groups excluding carboxylic acids is 8. The van der Waals surface area contributed by atoms with E-state index >= 15 is 0 Å². The van der Waals surface area contributed by atoms with Crippen LogP contribution in [0.1, 0.15) is 135 Å². The molecule has 22 heteroatoms. The third kappa shape index (κ3) is 18.7. The quantitative estimate of drug-likeness (QED) is 0.0177. The number of nitrogens with two attached hydrogens (primary N) is 1. The topological polar surface area (TPSA) is 305 Å². The summed E-state index contributed by atoms with van der Waals surface area (Å²) >= 11 is 0. The second-order valence-electron chi connectivity index (χ2n) is 26.0. The maximum atomic E-state index is 14.4. The molecule has 0 aliphatic carbocycles. The van der Waals surface area contributed by atoms with Gasteiger partial charge in [0.1, 0.15) is 24.7 Å². The summed E-state index contributed by atoms with van der Waals surface area (Å²) in [6.45, 7) is 20.8. The second-order valence-corrected chi connectivity index (χ2v) is 26.0. The lowest BCUT2D eigenvalue weighted by Gasteiger charge is -2.39. The average molecular weight is 1260 g/mol. The Kier molecular flexibility index (Phi) is 24.7. The van der Waals surface area contributed by atoms with Crippen LogP contribution < -0.4 is 47.9 Å². The Morgan fingerprint density at radius 2 is 1.45 bits per heavy atom. The molecule has 0 fully saturated rings. The number of nitrogens with one attached hydrogen (secondary N) is 7. The number of aromatic nitrogens is 1. The highest BCUT2D eigenvalue weighted by Gasteiger charge is 2.43. The monoisotopic (exact) mass is 1260 g/mol. The number of benzene rings is 4. The number of likely N-dealkylation sites (N-methyl/N-ethyl adjacent to an activating group) is 2. The van der Waals surface area contributed by atoms with Crippen LogP contribution in [0.4, 0.5) is 21.0 Å². The van der Waals surface area contributed by atoms with Gasteiger partial charge >= 0.3 is 18.1 Å². The summed E-state index contributed by atoms with van der Waals surface area (Å²) in [5.74, 6) is -4.29. The van der Waals surface area contributed by atoms with Crippen LogP contribution in [0.15, 0.2) is 109 Å². The van der Waals surface area contributed by atoms with Crippen molar-refractivity contribution in [2.45, 2.75) is 157 Å². The van der Waals surface area contributed by atoms with E-state index in [-0.39, 0.29) is 74.6 Å². The number of ether oxygens (including phenoxy) is 1. The van der Waals surface area contributed by atoms with Crippen LogP contribution in [0.2, 0.25) is 0 Å². The van der Waals surface area contributed by atoms with Crippen molar-refractivity contribution < 1.29 is 53.0 Å². The molecule has 6 rings (SSSR count). The number of fused-ring (bicyclic) bond motifs is 3. The number of carbonyl (C=O) groups is 9. The molecule has 9 amide bonds. The number of nitrogens with zero attached hydrogens (tertiary/aromatic N) is 3. The van der Waals surface area contributed by atoms with E-state index in [0.29, 0.717) is 17.8 Å². The highest BCUT2D eigenvalue weighted by atomic mass is 16.5. The SMILES string of the molecule is CN[C@H](C(=O)N[C@H](C(=O)N(C)[C@H](/C=C(\C)C(=O)O)C(C)C)C(C)(C)C)C(C)(C)c1cn(C)c2cc(CNC(=O)OCc3ccc(NC(=O)[C@H](CCCNC(N)=O)NC(=O)[C@@H](NC(=O)CCC(=O)N4Cc5ccccc5/C(C)=C\c5ccccc54)C(C)C)cc3)ccc12. The predicted octanol–water partition coefficient (Wildman–Crippen LogP) is 8.42. The Bertz CT molecular complexity index is 3580. The van der Waals surface area contributed by atoms with Gasteiger partial charge in [-0.3, -0.25) is 28.8 Å². The number of alkyl carbamates (subject to hydrolysis) is 1. The van der Waals surface area contributed by atoms with E-state index in [1.165, 1.54) is 11.8 Å². The molecule has 5 atom stereocenters. The Morgan fingerprint density at radius 3 is 2.09 bits per heavy atom. The van der Waals surface area contributed by atoms with E-state index < -0.39 is 82.8 Å². The molecule has 494 valence electrons. The first-order valence-electron chi connectivity index (χ1n) is 31.2. The van der Waals surface area contributed by atoms with Gasteiger partial charge in [0.05, 0.1) is 24.3 Å². The standard InChI is InChI=1S/C70H93N11O11/c1-41(2)55(35-44(6)66(88)89)80(14)65(87)61(69(7,8)9)78-64(86)60(72-12)70(10,11)52-39-79(13)56-36-46(27-30-51(52)56)37-74-68(91)92-40-45-25-28-49(29-26-45)75-62(84)53(23-19-33-73-67(71)90)76-63(85)59(42(3)4)77-57(82)31-32-58(83)81-38-48-21-15-17-22-50(48)43(5)34-47-20-16-18-24-54(47)81/h15-18,20-22,24-30,34-36,39,41-42,53,55,59-61,72H,19,23,31-33,37-38,40H2,1-14H3,(H,74,91)(H,75,84)(H,76,85)(H,77,82)(H,78,86)(H,88,89)(H3,71,73,90)/b43-34-,44-35+/t53-,55+,59-,60+,61+/m0/s1. The average Bonchev–Trinajstić information content (AvgIpc) is 1.54. The third-order valence-electron chi connectivity index (χ3n) is 16.8. The molecule has 0 radical (unpaired) electrons. The van der Waals surface area contributed by atoms with Crippen molar-refractivity contribution in [2.75, 3.05) is 30.9 Å². The van der Waals surface area contributed by atoms with Crippen LogP contribution in [0, 0.1) is 17.3 Å². The molecule has 1 aromatic heterocycles. The third-order valence-corrected chi connectivity index (χ3v) is 16.8. The number of aliphatic carboxylic acids is 1. The Morgan fingerprint density at radius 1 is 0.783 bits per heavy atom. The van der Waals surface area contributed by atoms with Crippen LogP contribution >= 0.6 is 0 Å². The zero-order valence-corrected chi connectivity index (χ0v) is 55.5. The van der Waals surface area contributed by atoms with Crippen molar-refractivity contribution in [2.24, 2.45) is 30.0 Å². The number of para-hydroxylation sites is 1. The van der Waals surface area contributed by atoms with Crippen LogP contribution in [0.3, 0.4) is 0 Å². The van der Waals surface area contributed by atoms with Gasteiger partial charge in [0, 0.05) is 73.8 Å². The van der Waals surface area contributed by atoms with Gasteiger partial charge in [-0.2, -0.15) is 0 Å². The maximum Gasteiger partial charge on any atom is 0.407 e. The fraction of sp³-hybridized carbons (Fsp3) is 0.443. The van der Waals surface area contributed by atoms with Gasteiger partial charge in [0.15, 0.2) is 0 Å². The van der Waals surface area contributed by atoms with Crippen molar-refractivity contribution in [1.29, 1.82) is 0 Å². The summed E-state index contributed by atoms with van der Waals surface area (Å²) < 4.78 is 7.51. The first kappa shape index (κ1) is 71.8. The lowest BCUT2D eigenvalue weighted by Crippen LogP contribution is -2.61. The molecule has 10 N–H and O–H groups in total. The molecule has 0 bridgehead atoms. The first-order valence-corrected chi connectivity index (χ1v) is 31.2. The zero-order chi connectivity index (χ0) is 67.9. The predicted molar refractivity (Wildman–Crippen MR) is 357 cm³/mol. The van der Waals surface area contributed by atoms with Crippen LogP contribution in [0.25, 0.3) is 22.6 Å². The van der Waals surface area contributed by atoms with Gasteiger partial charge in [-0.1, -0.05) is 135 Å². The number of anilines is 2. The number of aryl methyl sites for hydroxylation is 1. The van der Waals surface area contributed by atoms with E-state index in [1.807, 2.05) is 146 Å². The van der Waals surface area contributed by atoms with E-state index in [2.05, 4.69) is 37.2 Å². The molecular formula is C70H93N11O11. The van der Waals surface area contributed by atoms with Gasteiger partial charge < -0.3 is 67.2 Å². The fourth-order valence-corrected chi connectivity index (χ4v) is 11.5. The lowest BCUT2D eigenvalue weighted by molar-refractivity contribution is -0.141. The second kappa shape index (κ2) is 31.6. The summed E-state index contributed by atoms with van der Waals surface area (Å²) in [7, 11) is 5.22. The molecule has 4 aromatic carbocycles. The van der Waals surface area contributed by atoms with E-state index in [4.69, 9.17) is 10.5 Å². The molecule has 1 aliphatic rings.